The molecule has 0 atom stereocenters. The second-order valence-electron chi connectivity index (χ2n) is 5.80. The molecule has 1 aromatic rings. The molecule has 23 heavy (non-hydrogen) atoms. The maximum absolute atomic E-state index is 11.9. The van der Waals surface area contributed by atoms with E-state index in [1.807, 2.05) is 25.2 Å². The van der Waals surface area contributed by atoms with Gasteiger partial charge in [0.1, 0.15) is 0 Å². The van der Waals surface area contributed by atoms with Gasteiger partial charge in [-0.25, -0.2) is 0 Å². The first-order valence-corrected chi connectivity index (χ1v) is 7.86. The Labute approximate surface area is 137 Å². The molecule has 0 radical (unpaired) electrons. The van der Waals surface area contributed by atoms with Crippen LogP contribution in [0.4, 0.5) is 0 Å². The minimum Gasteiger partial charge on any atom is -0.356 e. The minimum absolute atomic E-state index is 0.0469. The van der Waals surface area contributed by atoms with Gasteiger partial charge in [-0.2, -0.15) is 10.2 Å². The van der Waals surface area contributed by atoms with Crippen LogP contribution >= 0.6 is 0 Å². The zero-order valence-corrected chi connectivity index (χ0v) is 13.5. The molecule has 2 rings (SSSR count). The van der Waals surface area contributed by atoms with Crippen molar-refractivity contribution in [2.45, 2.75) is 37.9 Å². The van der Waals surface area contributed by atoms with Crippen LogP contribution in [0, 0.1) is 12.3 Å². The maximum Gasteiger partial charge on any atom is 0.221 e. The lowest BCUT2D eigenvalue weighted by molar-refractivity contribution is -0.121. The number of rotatable bonds is 10. The Kier molecular flexibility index (Phi) is 6.24. The molecule has 0 spiro atoms. The molecule has 0 unspecified atom stereocenters. The number of aromatic nitrogens is 1. The molecule has 2 heterocycles. The summed E-state index contributed by atoms with van der Waals surface area (Å²) in [4.78, 5) is 18.2. The van der Waals surface area contributed by atoms with Crippen LogP contribution in [0.5, 0.6) is 0 Å². The molecule has 1 aromatic heterocycles. The lowest BCUT2D eigenvalue weighted by atomic mass is 10.0. The lowest BCUT2D eigenvalue weighted by Gasteiger charge is -2.16. The summed E-state index contributed by atoms with van der Waals surface area (Å²) in [5, 5.41) is 11.0. The molecule has 1 aliphatic heterocycles. The van der Waals surface area contributed by atoms with Crippen LogP contribution in [0.2, 0.25) is 0 Å². The van der Waals surface area contributed by atoms with Gasteiger partial charge in [-0.05, 0) is 19.2 Å². The van der Waals surface area contributed by atoms with E-state index in [4.69, 9.17) is 6.42 Å². The fraction of sp³-hybridized carbons (Fsp3) is 0.529. The Hall–Kier alpha value is -2.26. The van der Waals surface area contributed by atoms with Gasteiger partial charge >= 0.3 is 0 Å². The quantitative estimate of drug-likeness (QED) is 0.672. The standard InChI is InChI=1S/C17H23N5O/c1-3-4-9-17(20-21-17)10-12-19-16(23)8-13-22(2)14-15-7-5-6-11-18-15/h1,5-7,11H,4,8-10,12-14H2,2H3,(H,19,23). The van der Waals surface area contributed by atoms with Gasteiger partial charge in [0.15, 0.2) is 5.66 Å². The highest BCUT2D eigenvalue weighted by molar-refractivity contribution is 5.76. The van der Waals surface area contributed by atoms with E-state index in [-0.39, 0.29) is 11.6 Å². The third-order valence-electron chi connectivity index (χ3n) is 3.78. The van der Waals surface area contributed by atoms with Crippen molar-refractivity contribution >= 4 is 5.91 Å². The third-order valence-corrected chi connectivity index (χ3v) is 3.78. The zero-order valence-electron chi connectivity index (χ0n) is 13.5. The predicted molar refractivity (Wildman–Crippen MR) is 88.5 cm³/mol. The molecule has 6 nitrogen and oxygen atoms in total. The Morgan fingerprint density at radius 1 is 1.39 bits per heavy atom. The molecular weight excluding hydrogens is 290 g/mol. The highest BCUT2D eigenvalue weighted by Crippen LogP contribution is 2.35. The highest BCUT2D eigenvalue weighted by Gasteiger charge is 2.38. The van der Waals surface area contributed by atoms with Crippen molar-refractivity contribution in [1.82, 2.24) is 15.2 Å². The molecule has 1 N–H and O–H groups in total. The van der Waals surface area contributed by atoms with Gasteiger partial charge in [-0.15, -0.1) is 12.3 Å². The second kappa shape index (κ2) is 8.39. The molecule has 0 fully saturated rings. The van der Waals surface area contributed by atoms with Crippen molar-refractivity contribution in [3.63, 3.8) is 0 Å². The van der Waals surface area contributed by atoms with Crippen molar-refractivity contribution in [3.05, 3.63) is 30.1 Å². The van der Waals surface area contributed by atoms with Gasteiger partial charge in [0.25, 0.3) is 0 Å². The molecule has 0 saturated carbocycles. The largest absolute Gasteiger partial charge is 0.356 e. The average Bonchev–Trinajstić information content (AvgIpc) is 3.32. The van der Waals surface area contributed by atoms with Gasteiger partial charge < -0.3 is 10.2 Å². The van der Waals surface area contributed by atoms with E-state index in [9.17, 15) is 4.79 Å². The fourth-order valence-corrected chi connectivity index (χ4v) is 2.30. The van der Waals surface area contributed by atoms with E-state index >= 15 is 0 Å². The van der Waals surface area contributed by atoms with E-state index < -0.39 is 0 Å². The average molecular weight is 313 g/mol. The van der Waals surface area contributed by atoms with Gasteiger partial charge in [0.2, 0.25) is 5.91 Å². The highest BCUT2D eigenvalue weighted by atomic mass is 16.1. The number of pyridine rings is 1. The van der Waals surface area contributed by atoms with Crippen LogP contribution in [0.25, 0.3) is 0 Å². The van der Waals surface area contributed by atoms with E-state index in [0.717, 1.165) is 25.1 Å². The molecular formula is C17H23N5O. The summed E-state index contributed by atoms with van der Waals surface area (Å²) in [5.74, 6) is 2.64. The first kappa shape index (κ1) is 17.1. The van der Waals surface area contributed by atoms with E-state index in [1.54, 1.807) is 6.20 Å². The minimum atomic E-state index is -0.324. The Bertz CT molecular complexity index is 572. The lowest BCUT2D eigenvalue weighted by Crippen LogP contribution is -2.31. The number of hydrogen-bond donors (Lipinski definition) is 1. The SMILES string of the molecule is C#CCCC1(CCNC(=O)CCN(C)Cc2ccccn2)N=N1. The molecule has 122 valence electrons. The number of carbonyl (C=O) groups excluding carboxylic acids is 1. The summed E-state index contributed by atoms with van der Waals surface area (Å²) in [6, 6.07) is 5.84. The van der Waals surface area contributed by atoms with E-state index in [0.29, 0.717) is 25.9 Å². The summed E-state index contributed by atoms with van der Waals surface area (Å²) >= 11 is 0. The summed E-state index contributed by atoms with van der Waals surface area (Å²) in [6.45, 7) is 2.01. The first-order chi connectivity index (χ1) is 11.1. The maximum atomic E-state index is 11.9. The third kappa shape index (κ3) is 6.17. The van der Waals surface area contributed by atoms with E-state index in [1.165, 1.54) is 0 Å². The fourth-order valence-electron chi connectivity index (χ4n) is 2.30. The summed E-state index contributed by atoms with van der Waals surface area (Å²) in [7, 11) is 1.98. The second-order valence-corrected chi connectivity index (χ2v) is 5.80. The van der Waals surface area contributed by atoms with Crippen molar-refractivity contribution in [2.24, 2.45) is 10.2 Å². The number of nitrogens with zero attached hydrogens (tertiary/aromatic N) is 4. The van der Waals surface area contributed by atoms with Gasteiger partial charge in [-0.3, -0.25) is 9.78 Å². The van der Waals surface area contributed by atoms with Gasteiger partial charge in [0.05, 0.1) is 5.69 Å². The molecule has 0 saturated heterocycles. The van der Waals surface area contributed by atoms with Crippen LogP contribution in [-0.4, -0.2) is 41.6 Å². The topological polar surface area (TPSA) is 70.0 Å². The predicted octanol–water partition coefficient (Wildman–Crippen LogP) is 1.99. The van der Waals surface area contributed by atoms with Crippen molar-refractivity contribution in [2.75, 3.05) is 20.1 Å². The van der Waals surface area contributed by atoms with Gasteiger partial charge in [0, 0.05) is 51.5 Å². The normalized spacial score (nSPS) is 14.5. The van der Waals surface area contributed by atoms with Crippen LogP contribution in [0.3, 0.4) is 0 Å². The van der Waals surface area contributed by atoms with Crippen LogP contribution < -0.4 is 5.32 Å². The number of hydrogen-bond acceptors (Lipinski definition) is 5. The smallest absolute Gasteiger partial charge is 0.221 e. The molecule has 0 bridgehead atoms. The molecule has 0 aliphatic carbocycles. The van der Waals surface area contributed by atoms with Crippen molar-refractivity contribution < 1.29 is 4.79 Å². The summed E-state index contributed by atoms with van der Waals surface area (Å²) in [5.41, 5.74) is 0.679. The molecule has 6 heteroatoms. The Morgan fingerprint density at radius 2 is 2.22 bits per heavy atom. The van der Waals surface area contributed by atoms with Crippen molar-refractivity contribution in [3.8, 4) is 12.3 Å². The monoisotopic (exact) mass is 313 g/mol. The van der Waals surface area contributed by atoms with Crippen LogP contribution in [-0.2, 0) is 11.3 Å². The Balaban J connectivity index is 1.57. The molecule has 0 aromatic carbocycles. The Morgan fingerprint density at radius 3 is 2.87 bits per heavy atom. The van der Waals surface area contributed by atoms with Crippen molar-refractivity contribution in [1.29, 1.82) is 0 Å². The van der Waals surface area contributed by atoms with Crippen LogP contribution in [0.1, 0.15) is 31.4 Å². The number of amides is 1. The van der Waals surface area contributed by atoms with E-state index in [2.05, 4.69) is 31.3 Å². The summed E-state index contributed by atoms with van der Waals surface area (Å²) in [6.07, 6.45) is 9.66. The summed E-state index contributed by atoms with van der Waals surface area (Å²) < 4.78 is 0. The molecule has 1 aliphatic rings. The zero-order chi connectivity index (χ0) is 16.5. The number of nitrogens with one attached hydrogen (secondary N) is 1. The number of terminal acetylenes is 1. The molecule has 1 amide bonds. The first-order valence-electron chi connectivity index (χ1n) is 7.86. The van der Waals surface area contributed by atoms with Gasteiger partial charge in [-0.1, -0.05) is 6.07 Å². The number of carbonyl (C=O) groups is 1. The van der Waals surface area contributed by atoms with Crippen LogP contribution in [0.15, 0.2) is 34.6 Å².